The molecule has 11 aromatic rings. The van der Waals surface area contributed by atoms with Crippen LogP contribution in [0, 0.1) is 0 Å². The molecule has 0 spiro atoms. The molecule has 0 saturated carbocycles. The van der Waals surface area contributed by atoms with Crippen molar-refractivity contribution in [3.05, 3.63) is 176 Å². The molecule has 0 saturated heterocycles. The highest BCUT2D eigenvalue weighted by molar-refractivity contribution is 6.09. The van der Waals surface area contributed by atoms with E-state index in [2.05, 4.69) is 177 Å². The molecular formula is C46H29N5. The van der Waals surface area contributed by atoms with Crippen LogP contribution in [0.1, 0.15) is 0 Å². The maximum absolute atomic E-state index is 5.37. The van der Waals surface area contributed by atoms with E-state index in [0.29, 0.717) is 5.95 Å². The van der Waals surface area contributed by atoms with Gasteiger partial charge in [-0.1, -0.05) is 127 Å². The molecular weight excluding hydrogens is 623 g/mol. The maximum Gasteiger partial charge on any atom is 0.237 e. The second-order valence-electron chi connectivity index (χ2n) is 13.1. The molecule has 0 aliphatic rings. The number of imidazole rings is 1. The topological polar surface area (TPSA) is 40.0 Å². The van der Waals surface area contributed by atoms with E-state index in [1.165, 1.54) is 38.3 Å². The van der Waals surface area contributed by atoms with E-state index < -0.39 is 0 Å². The van der Waals surface area contributed by atoms with E-state index in [0.717, 1.165) is 50.0 Å². The van der Waals surface area contributed by atoms with Crippen molar-refractivity contribution in [2.75, 3.05) is 0 Å². The zero-order valence-electron chi connectivity index (χ0n) is 27.5. The summed E-state index contributed by atoms with van der Waals surface area (Å²) in [5.41, 5.74) is 13.0. The number of para-hydroxylation sites is 4. The molecule has 0 unspecified atom stereocenters. The van der Waals surface area contributed by atoms with Gasteiger partial charge in [0.25, 0.3) is 0 Å². The van der Waals surface area contributed by atoms with Gasteiger partial charge >= 0.3 is 0 Å². The quantitative estimate of drug-likeness (QED) is 0.190. The standard InChI is InChI=1S/C46H29N5/c1-2-12-30(13-3-1)31-22-24-32(25-23-31)45-37-17-5-8-18-38(37)47-46(48-45)51-42-27-26-34(29-43(42)50-39-19-9-4-14-33(39)28-44(50)51)49-40-20-10-6-15-35(40)36-16-7-11-21-41(36)49/h1-29H. The number of fused-ring (bicyclic) bond motifs is 9. The zero-order chi connectivity index (χ0) is 33.5. The normalized spacial score (nSPS) is 11.9. The van der Waals surface area contributed by atoms with E-state index in [9.17, 15) is 0 Å². The van der Waals surface area contributed by atoms with Crippen molar-refractivity contribution < 1.29 is 0 Å². The van der Waals surface area contributed by atoms with Gasteiger partial charge in [0.15, 0.2) is 0 Å². The molecule has 11 rings (SSSR count). The largest absolute Gasteiger partial charge is 0.309 e. The van der Waals surface area contributed by atoms with Gasteiger partial charge in [-0.3, -0.25) is 8.97 Å². The van der Waals surface area contributed by atoms with E-state index >= 15 is 0 Å². The van der Waals surface area contributed by atoms with Crippen LogP contribution < -0.4 is 0 Å². The molecule has 238 valence electrons. The number of hydrogen-bond acceptors (Lipinski definition) is 2. The van der Waals surface area contributed by atoms with Crippen LogP contribution in [0.25, 0.3) is 94.3 Å². The van der Waals surface area contributed by atoms with Crippen molar-refractivity contribution >= 4 is 60.3 Å². The Kier molecular flexibility index (Phi) is 5.89. The highest BCUT2D eigenvalue weighted by Crippen LogP contribution is 2.37. The van der Waals surface area contributed by atoms with Crippen LogP contribution in [-0.2, 0) is 0 Å². The van der Waals surface area contributed by atoms with E-state index in [-0.39, 0.29) is 0 Å². The van der Waals surface area contributed by atoms with Crippen LogP contribution >= 0.6 is 0 Å². The summed E-state index contributed by atoms with van der Waals surface area (Å²) in [5, 5.41) is 4.69. The summed E-state index contributed by atoms with van der Waals surface area (Å²) >= 11 is 0. The molecule has 5 nitrogen and oxygen atoms in total. The molecule has 0 N–H and O–H groups in total. The SMILES string of the molecule is c1ccc(-c2ccc(-c3nc(-n4c5ccc(-n6c7ccccc7c7ccccc76)cc5n5c6ccccc6cc45)nc4ccccc34)cc2)cc1. The fourth-order valence-corrected chi connectivity index (χ4v) is 7.95. The molecule has 5 heteroatoms. The van der Waals surface area contributed by atoms with Gasteiger partial charge in [0.1, 0.15) is 5.65 Å². The summed E-state index contributed by atoms with van der Waals surface area (Å²) in [6.07, 6.45) is 0. The van der Waals surface area contributed by atoms with Gasteiger partial charge in [-0.25, -0.2) is 9.97 Å². The van der Waals surface area contributed by atoms with Gasteiger partial charge in [-0.15, -0.1) is 0 Å². The van der Waals surface area contributed by atoms with Gasteiger partial charge in [-0.2, -0.15) is 0 Å². The fourth-order valence-electron chi connectivity index (χ4n) is 7.95. The van der Waals surface area contributed by atoms with Crippen molar-refractivity contribution in [2.24, 2.45) is 0 Å². The Morgan fingerprint density at radius 2 is 0.980 bits per heavy atom. The molecule has 0 atom stereocenters. The molecule has 0 aliphatic carbocycles. The predicted molar refractivity (Wildman–Crippen MR) is 210 cm³/mol. The van der Waals surface area contributed by atoms with Gasteiger partial charge in [0.05, 0.1) is 38.8 Å². The van der Waals surface area contributed by atoms with Crippen LogP contribution in [0.4, 0.5) is 0 Å². The van der Waals surface area contributed by atoms with Crippen molar-refractivity contribution in [1.29, 1.82) is 0 Å². The Bertz CT molecular complexity index is 3070. The zero-order valence-corrected chi connectivity index (χ0v) is 27.5. The molecule has 0 bridgehead atoms. The smallest absolute Gasteiger partial charge is 0.237 e. The van der Waals surface area contributed by atoms with Gasteiger partial charge in [0.2, 0.25) is 5.95 Å². The Hall–Kier alpha value is -6.98. The minimum absolute atomic E-state index is 0.642. The molecule has 51 heavy (non-hydrogen) atoms. The third-order valence-corrected chi connectivity index (χ3v) is 10.3. The Balaban J connectivity index is 1.17. The average Bonchev–Trinajstić information content (AvgIpc) is 3.84. The predicted octanol–water partition coefficient (Wildman–Crippen LogP) is 11.4. The van der Waals surface area contributed by atoms with Crippen LogP contribution in [0.3, 0.4) is 0 Å². The number of benzene rings is 7. The summed E-state index contributed by atoms with van der Waals surface area (Å²) in [7, 11) is 0. The highest BCUT2D eigenvalue weighted by Gasteiger charge is 2.21. The third-order valence-electron chi connectivity index (χ3n) is 10.3. The van der Waals surface area contributed by atoms with Gasteiger partial charge in [-0.05, 0) is 59.7 Å². The second-order valence-corrected chi connectivity index (χ2v) is 13.1. The lowest BCUT2D eigenvalue weighted by Gasteiger charge is -2.12. The van der Waals surface area contributed by atoms with Crippen molar-refractivity contribution in [3.8, 4) is 34.0 Å². The van der Waals surface area contributed by atoms with Gasteiger partial charge in [0, 0.05) is 32.8 Å². The lowest BCUT2D eigenvalue weighted by molar-refractivity contribution is 1.00. The number of rotatable bonds is 4. The monoisotopic (exact) mass is 651 g/mol. The summed E-state index contributed by atoms with van der Waals surface area (Å²) in [6.45, 7) is 0. The molecule has 0 fully saturated rings. The van der Waals surface area contributed by atoms with Gasteiger partial charge < -0.3 is 4.57 Å². The van der Waals surface area contributed by atoms with Crippen LogP contribution in [0.2, 0.25) is 0 Å². The third kappa shape index (κ3) is 4.15. The summed E-state index contributed by atoms with van der Waals surface area (Å²) in [4.78, 5) is 10.6. The maximum atomic E-state index is 5.37. The fraction of sp³-hybridized carbons (Fsp3) is 0. The first-order valence-corrected chi connectivity index (χ1v) is 17.3. The lowest BCUT2D eigenvalue weighted by atomic mass is 10.0. The summed E-state index contributed by atoms with van der Waals surface area (Å²) < 4.78 is 6.96. The molecule has 7 aromatic carbocycles. The Morgan fingerprint density at radius 1 is 0.373 bits per heavy atom. The molecule has 0 amide bonds. The summed E-state index contributed by atoms with van der Waals surface area (Å²) in [5.74, 6) is 0.642. The van der Waals surface area contributed by atoms with Crippen LogP contribution in [0.5, 0.6) is 0 Å². The average molecular weight is 652 g/mol. The summed E-state index contributed by atoms with van der Waals surface area (Å²) in [6, 6.07) is 62.4. The van der Waals surface area contributed by atoms with Crippen molar-refractivity contribution in [3.63, 3.8) is 0 Å². The molecule has 0 aliphatic heterocycles. The van der Waals surface area contributed by atoms with E-state index in [1.807, 2.05) is 12.1 Å². The first-order chi connectivity index (χ1) is 25.3. The highest BCUT2D eigenvalue weighted by atomic mass is 15.2. The molecule has 4 heterocycles. The van der Waals surface area contributed by atoms with Crippen molar-refractivity contribution in [2.45, 2.75) is 0 Å². The minimum Gasteiger partial charge on any atom is -0.309 e. The lowest BCUT2D eigenvalue weighted by Crippen LogP contribution is -2.03. The van der Waals surface area contributed by atoms with Crippen LogP contribution in [-0.4, -0.2) is 23.5 Å². The second kappa shape index (κ2) is 10.8. The molecule has 4 aromatic heterocycles. The van der Waals surface area contributed by atoms with E-state index in [1.54, 1.807) is 0 Å². The minimum atomic E-state index is 0.642. The first-order valence-electron chi connectivity index (χ1n) is 17.3. The van der Waals surface area contributed by atoms with Crippen LogP contribution in [0.15, 0.2) is 176 Å². The Morgan fingerprint density at radius 3 is 1.75 bits per heavy atom. The van der Waals surface area contributed by atoms with E-state index in [4.69, 9.17) is 9.97 Å². The number of nitrogens with zero attached hydrogens (tertiary/aromatic N) is 5. The number of aromatic nitrogens is 5. The molecule has 0 radical (unpaired) electrons. The number of hydrogen-bond donors (Lipinski definition) is 0. The first kappa shape index (κ1) is 27.9. The van der Waals surface area contributed by atoms with Crippen molar-refractivity contribution in [1.82, 2.24) is 23.5 Å². The Labute approximate surface area is 292 Å².